The van der Waals surface area contributed by atoms with Crippen LogP contribution < -0.4 is 0 Å². The van der Waals surface area contributed by atoms with Crippen molar-refractivity contribution in [1.82, 2.24) is 14.8 Å². The highest BCUT2D eigenvalue weighted by molar-refractivity contribution is 6.06. The predicted molar refractivity (Wildman–Crippen MR) is 133 cm³/mol. The van der Waals surface area contributed by atoms with Gasteiger partial charge in [0.25, 0.3) is 11.8 Å². The summed E-state index contributed by atoms with van der Waals surface area (Å²) in [5.41, 5.74) is 2.58. The Hall–Kier alpha value is -3.84. The van der Waals surface area contributed by atoms with Crippen LogP contribution in [0.1, 0.15) is 39.3 Å². The highest BCUT2D eigenvalue weighted by atomic mass is 16.5. The fourth-order valence-electron chi connectivity index (χ4n) is 4.49. The number of benzene rings is 2. The Labute approximate surface area is 204 Å². The van der Waals surface area contributed by atoms with Gasteiger partial charge in [-0.2, -0.15) is 0 Å². The number of hydrogen-bond acceptors (Lipinski definition) is 5. The number of aromatic nitrogens is 1. The molecule has 2 aliphatic heterocycles. The summed E-state index contributed by atoms with van der Waals surface area (Å²) in [6.07, 6.45) is 4.61. The number of nitrogens with zero attached hydrogens (tertiary/aromatic N) is 3. The Bertz CT molecular complexity index is 1270. The van der Waals surface area contributed by atoms with Crippen LogP contribution >= 0.6 is 0 Å². The maximum absolute atomic E-state index is 12.9. The number of rotatable bonds is 5. The Morgan fingerprint density at radius 1 is 0.886 bits per heavy atom. The van der Waals surface area contributed by atoms with Gasteiger partial charge in [0, 0.05) is 43.7 Å². The molecule has 178 valence electrons. The molecule has 3 aromatic rings. The SMILES string of the molecule is O=C(C=Cc1ccc(C(=O)N2CCN(C(=O)C3CCCO3)CC2)cc1)c1ccc2ccccc2n1. The van der Waals surface area contributed by atoms with Gasteiger partial charge in [0.1, 0.15) is 11.8 Å². The molecule has 2 aromatic carbocycles. The largest absolute Gasteiger partial charge is 0.368 e. The van der Waals surface area contributed by atoms with E-state index in [0.717, 1.165) is 29.3 Å². The summed E-state index contributed by atoms with van der Waals surface area (Å²) in [6.45, 7) is 2.71. The van der Waals surface area contributed by atoms with Crippen molar-refractivity contribution in [3.63, 3.8) is 0 Å². The van der Waals surface area contributed by atoms with Crippen LogP contribution in [0.25, 0.3) is 17.0 Å². The molecule has 1 atom stereocenters. The van der Waals surface area contributed by atoms with Crippen LogP contribution in [0.15, 0.2) is 66.7 Å². The second kappa shape index (κ2) is 10.2. The summed E-state index contributed by atoms with van der Waals surface area (Å²) in [7, 11) is 0. The molecule has 2 amide bonds. The van der Waals surface area contributed by atoms with Gasteiger partial charge in [-0.05, 0) is 48.7 Å². The molecule has 2 fully saturated rings. The zero-order valence-corrected chi connectivity index (χ0v) is 19.4. The number of carbonyl (C=O) groups excluding carboxylic acids is 3. The van der Waals surface area contributed by atoms with Crippen LogP contribution in [-0.4, -0.2) is 71.3 Å². The van der Waals surface area contributed by atoms with E-state index in [2.05, 4.69) is 4.98 Å². The summed E-state index contributed by atoms with van der Waals surface area (Å²) in [4.78, 5) is 46.0. The van der Waals surface area contributed by atoms with Crippen molar-refractivity contribution in [2.75, 3.05) is 32.8 Å². The molecule has 0 bridgehead atoms. The minimum absolute atomic E-state index is 0.0409. The molecule has 7 heteroatoms. The number of carbonyl (C=O) groups is 3. The Balaban J connectivity index is 1.17. The van der Waals surface area contributed by atoms with E-state index >= 15 is 0 Å². The first kappa shape index (κ1) is 22.9. The minimum Gasteiger partial charge on any atom is -0.368 e. The second-order valence-electron chi connectivity index (χ2n) is 8.83. The van der Waals surface area contributed by atoms with Crippen molar-refractivity contribution >= 4 is 34.6 Å². The van der Waals surface area contributed by atoms with Crippen LogP contribution in [0.5, 0.6) is 0 Å². The van der Waals surface area contributed by atoms with E-state index in [1.54, 1.807) is 34.1 Å². The Morgan fingerprint density at radius 3 is 2.37 bits per heavy atom. The number of pyridine rings is 1. The summed E-state index contributed by atoms with van der Waals surface area (Å²) < 4.78 is 5.50. The number of ketones is 1. The van der Waals surface area contributed by atoms with Gasteiger partial charge >= 0.3 is 0 Å². The van der Waals surface area contributed by atoms with Crippen molar-refractivity contribution in [2.24, 2.45) is 0 Å². The van der Waals surface area contributed by atoms with Gasteiger partial charge in [-0.15, -0.1) is 0 Å². The molecule has 1 aromatic heterocycles. The van der Waals surface area contributed by atoms with Crippen LogP contribution in [-0.2, 0) is 9.53 Å². The Kier molecular flexibility index (Phi) is 6.68. The smallest absolute Gasteiger partial charge is 0.253 e. The molecule has 0 spiro atoms. The number of hydrogen-bond donors (Lipinski definition) is 0. The topological polar surface area (TPSA) is 79.8 Å². The lowest BCUT2D eigenvalue weighted by Gasteiger charge is -2.35. The first-order valence-electron chi connectivity index (χ1n) is 12.0. The van der Waals surface area contributed by atoms with E-state index < -0.39 is 0 Å². The molecule has 0 aliphatic carbocycles. The second-order valence-corrected chi connectivity index (χ2v) is 8.83. The van der Waals surface area contributed by atoms with Crippen molar-refractivity contribution in [3.05, 3.63) is 83.6 Å². The highest BCUT2D eigenvalue weighted by Gasteiger charge is 2.31. The third kappa shape index (κ3) is 5.15. The molecule has 2 aliphatic rings. The molecule has 2 saturated heterocycles. The van der Waals surface area contributed by atoms with E-state index in [-0.39, 0.29) is 23.7 Å². The molecule has 7 nitrogen and oxygen atoms in total. The number of allylic oxidation sites excluding steroid dienone is 1. The van der Waals surface area contributed by atoms with Gasteiger partial charge in [-0.25, -0.2) is 4.98 Å². The maximum Gasteiger partial charge on any atom is 0.253 e. The fourth-order valence-corrected chi connectivity index (χ4v) is 4.49. The molecule has 35 heavy (non-hydrogen) atoms. The zero-order valence-electron chi connectivity index (χ0n) is 19.4. The van der Waals surface area contributed by atoms with Crippen molar-refractivity contribution in [2.45, 2.75) is 18.9 Å². The first-order valence-corrected chi connectivity index (χ1v) is 12.0. The van der Waals surface area contributed by atoms with Crippen LogP contribution in [0.4, 0.5) is 0 Å². The van der Waals surface area contributed by atoms with E-state index in [0.29, 0.717) is 44.0 Å². The maximum atomic E-state index is 12.9. The van der Waals surface area contributed by atoms with Crippen molar-refractivity contribution in [3.8, 4) is 0 Å². The number of ether oxygens (including phenoxy) is 1. The van der Waals surface area contributed by atoms with Gasteiger partial charge in [0.15, 0.2) is 0 Å². The molecule has 3 heterocycles. The quantitative estimate of drug-likeness (QED) is 0.421. The predicted octanol–water partition coefficient (Wildman–Crippen LogP) is 3.59. The van der Waals surface area contributed by atoms with E-state index in [1.165, 1.54) is 6.08 Å². The van der Waals surface area contributed by atoms with E-state index in [4.69, 9.17) is 4.74 Å². The number of para-hydroxylation sites is 1. The zero-order chi connectivity index (χ0) is 24.2. The van der Waals surface area contributed by atoms with Crippen LogP contribution in [0.2, 0.25) is 0 Å². The minimum atomic E-state index is -0.318. The molecular formula is C28H27N3O4. The molecule has 1 unspecified atom stereocenters. The lowest BCUT2D eigenvalue weighted by atomic mass is 10.1. The van der Waals surface area contributed by atoms with E-state index in [9.17, 15) is 14.4 Å². The molecule has 5 rings (SSSR count). The lowest BCUT2D eigenvalue weighted by Crippen LogP contribution is -2.52. The fraction of sp³-hybridized carbons (Fsp3) is 0.286. The van der Waals surface area contributed by atoms with Gasteiger partial charge in [0.2, 0.25) is 5.78 Å². The van der Waals surface area contributed by atoms with Crippen molar-refractivity contribution < 1.29 is 19.1 Å². The van der Waals surface area contributed by atoms with Gasteiger partial charge in [0.05, 0.1) is 5.52 Å². The molecule has 0 saturated carbocycles. The molecular weight excluding hydrogens is 442 g/mol. The van der Waals surface area contributed by atoms with Crippen LogP contribution in [0.3, 0.4) is 0 Å². The lowest BCUT2D eigenvalue weighted by molar-refractivity contribution is -0.142. The molecule has 0 N–H and O–H groups in total. The third-order valence-corrected chi connectivity index (χ3v) is 6.52. The summed E-state index contributed by atoms with van der Waals surface area (Å²) in [5.74, 6) is -0.188. The summed E-state index contributed by atoms with van der Waals surface area (Å²) in [6, 6.07) is 18.5. The van der Waals surface area contributed by atoms with Crippen LogP contribution in [0, 0.1) is 0 Å². The molecule has 0 radical (unpaired) electrons. The van der Waals surface area contributed by atoms with Gasteiger partial charge in [-0.1, -0.05) is 42.5 Å². The number of amides is 2. The Morgan fingerprint density at radius 2 is 1.63 bits per heavy atom. The van der Waals surface area contributed by atoms with Gasteiger partial charge < -0.3 is 14.5 Å². The normalized spacial score (nSPS) is 18.3. The third-order valence-electron chi connectivity index (χ3n) is 6.52. The standard InChI is InChI=1S/C28H27N3O4/c32-25(24-13-12-21-4-1-2-5-23(21)29-24)14-9-20-7-10-22(11-8-20)27(33)30-15-17-31(18-16-30)28(34)26-6-3-19-35-26/h1-2,4-5,7-14,26H,3,6,15-19H2. The van der Waals surface area contributed by atoms with Crippen molar-refractivity contribution in [1.29, 1.82) is 0 Å². The number of piperazine rings is 1. The highest BCUT2D eigenvalue weighted by Crippen LogP contribution is 2.18. The van der Waals surface area contributed by atoms with Gasteiger partial charge in [-0.3, -0.25) is 14.4 Å². The monoisotopic (exact) mass is 469 g/mol. The summed E-state index contributed by atoms with van der Waals surface area (Å²) in [5, 5.41) is 0.990. The first-order chi connectivity index (χ1) is 17.1. The average molecular weight is 470 g/mol. The average Bonchev–Trinajstić information content (AvgIpc) is 3.46. The van der Waals surface area contributed by atoms with E-state index in [1.807, 2.05) is 42.5 Å². The summed E-state index contributed by atoms with van der Waals surface area (Å²) >= 11 is 0. The number of fused-ring (bicyclic) bond motifs is 1.